The molecule has 11 rings (SSSR count). The Morgan fingerprint density at radius 1 is 0.377 bits per heavy atom. The molecule has 0 amide bonds. The lowest BCUT2D eigenvalue weighted by molar-refractivity contribution is 0.893. The van der Waals surface area contributed by atoms with Crippen molar-refractivity contribution in [1.82, 2.24) is 28.7 Å². The Bertz CT molecular complexity index is 3150. The largest absolute Gasteiger partial charge is 0.309 e. The van der Waals surface area contributed by atoms with E-state index < -0.39 is 0 Å². The zero-order valence-corrected chi connectivity index (χ0v) is 28.3. The van der Waals surface area contributed by atoms with E-state index in [1.165, 1.54) is 28.0 Å². The van der Waals surface area contributed by atoms with Gasteiger partial charge in [0.25, 0.3) is 0 Å². The SMILES string of the molecule is N=Cc1ccc(-c2nc(-n3c4ccccc4c4ccccc43)nc(-n3c4ccccc4c4cc(-n5c6ccccc6c6ccccc65)ccc43)n2)cc1. The number of aromatic nitrogens is 6. The van der Waals surface area contributed by atoms with Gasteiger partial charge in [-0.2, -0.15) is 15.0 Å². The lowest BCUT2D eigenvalue weighted by atomic mass is 10.1. The van der Waals surface area contributed by atoms with Gasteiger partial charge in [0.15, 0.2) is 5.82 Å². The first-order valence-electron chi connectivity index (χ1n) is 17.6. The minimum Gasteiger partial charge on any atom is -0.309 e. The summed E-state index contributed by atoms with van der Waals surface area (Å²) < 4.78 is 6.66. The van der Waals surface area contributed by atoms with E-state index in [4.69, 9.17) is 20.4 Å². The van der Waals surface area contributed by atoms with Gasteiger partial charge in [0.2, 0.25) is 11.9 Å². The van der Waals surface area contributed by atoms with Crippen molar-refractivity contribution in [2.75, 3.05) is 0 Å². The van der Waals surface area contributed by atoms with Crippen LogP contribution in [0.1, 0.15) is 5.56 Å². The predicted octanol–water partition coefficient (Wildman–Crippen LogP) is 10.8. The third-order valence-electron chi connectivity index (χ3n) is 10.4. The average Bonchev–Trinajstić information content (AvgIpc) is 3.86. The highest BCUT2D eigenvalue weighted by atomic mass is 15.3. The molecule has 4 heterocycles. The highest BCUT2D eigenvalue weighted by Gasteiger charge is 2.21. The summed E-state index contributed by atoms with van der Waals surface area (Å²) in [5.74, 6) is 1.61. The van der Waals surface area contributed by atoms with Crippen molar-refractivity contribution in [1.29, 1.82) is 5.41 Å². The van der Waals surface area contributed by atoms with Crippen LogP contribution in [0.5, 0.6) is 0 Å². The molecule has 7 nitrogen and oxygen atoms in total. The van der Waals surface area contributed by atoms with Gasteiger partial charge in [-0.25, -0.2) is 0 Å². The van der Waals surface area contributed by atoms with E-state index in [9.17, 15) is 0 Å². The van der Waals surface area contributed by atoms with E-state index in [1.807, 2.05) is 24.3 Å². The van der Waals surface area contributed by atoms with Gasteiger partial charge in [0.1, 0.15) is 0 Å². The normalized spacial score (nSPS) is 11.8. The van der Waals surface area contributed by atoms with E-state index in [2.05, 4.69) is 153 Å². The van der Waals surface area contributed by atoms with Crippen molar-refractivity contribution in [2.24, 2.45) is 0 Å². The van der Waals surface area contributed by atoms with Crippen molar-refractivity contribution in [3.8, 4) is 29.0 Å². The number of fused-ring (bicyclic) bond motifs is 9. The third-order valence-corrected chi connectivity index (χ3v) is 10.4. The molecule has 0 saturated carbocycles. The summed E-state index contributed by atoms with van der Waals surface area (Å²) in [6.45, 7) is 0. The molecule has 7 aromatic carbocycles. The smallest absolute Gasteiger partial charge is 0.240 e. The fourth-order valence-electron chi connectivity index (χ4n) is 8.07. The summed E-state index contributed by atoms with van der Waals surface area (Å²) in [5.41, 5.74) is 9.14. The molecule has 0 bridgehead atoms. The molecule has 0 atom stereocenters. The minimum atomic E-state index is 0.527. The average molecular weight is 680 g/mol. The molecule has 11 aromatic rings. The first-order valence-corrected chi connectivity index (χ1v) is 17.6. The van der Waals surface area contributed by atoms with Crippen molar-refractivity contribution in [3.63, 3.8) is 0 Å². The standard InChI is InChI=1S/C46H29N7/c47-28-29-21-23-30(24-22-29)44-48-45(52-40-18-8-3-13-34(40)35-14-4-9-19-41(35)52)50-46(49-44)53-42-20-10-5-15-36(42)37-27-31(25-26-43(37)53)51-38-16-6-1-11-32(38)33-12-2-7-17-39(33)51/h1-28,47H. The maximum Gasteiger partial charge on any atom is 0.240 e. The van der Waals surface area contributed by atoms with E-state index in [0.29, 0.717) is 17.7 Å². The van der Waals surface area contributed by atoms with Gasteiger partial charge in [-0.15, -0.1) is 0 Å². The Labute approximate surface area is 303 Å². The van der Waals surface area contributed by atoms with Crippen LogP contribution < -0.4 is 0 Å². The number of hydrogen-bond donors (Lipinski definition) is 1. The van der Waals surface area contributed by atoms with Crippen LogP contribution in [0.3, 0.4) is 0 Å². The second-order valence-electron chi connectivity index (χ2n) is 13.3. The Balaban J connectivity index is 1.20. The van der Waals surface area contributed by atoms with Crippen molar-refractivity contribution in [3.05, 3.63) is 169 Å². The molecule has 0 radical (unpaired) electrons. The molecule has 0 spiro atoms. The number of nitrogens with zero attached hydrogens (tertiary/aromatic N) is 6. The summed E-state index contributed by atoms with van der Waals surface area (Å²) in [7, 11) is 0. The molecule has 4 aromatic heterocycles. The van der Waals surface area contributed by atoms with Crippen molar-refractivity contribution in [2.45, 2.75) is 0 Å². The molecule has 1 N–H and O–H groups in total. The fourth-order valence-corrected chi connectivity index (χ4v) is 8.07. The van der Waals surface area contributed by atoms with Crippen LogP contribution >= 0.6 is 0 Å². The van der Waals surface area contributed by atoms with Crippen LogP contribution in [0, 0.1) is 5.41 Å². The Morgan fingerprint density at radius 2 is 0.774 bits per heavy atom. The number of rotatable bonds is 5. The summed E-state index contributed by atoms with van der Waals surface area (Å²) in [5, 5.41) is 14.7. The molecule has 0 aliphatic carbocycles. The molecule has 0 saturated heterocycles. The molecular weight excluding hydrogens is 651 g/mol. The summed E-state index contributed by atoms with van der Waals surface area (Å²) in [6.07, 6.45) is 1.35. The lowest BCUT2D eigenvalue weighted by Crippen LogP contribution is -2.10. The zero-order chi connectivity index (χ0) is 35.0. The number of benzene rings is 7. The van der Waals surface area contributed by atoms with Crippen molar-refractivity contribution < 1.29 is 0 Å². The highest BCUT2D eigenvalue weighted by molar-refractivity contribution is 6.12. The Hall–Kier alpha value is -7.38. The molecule has 53 heavy (non-hydrogen) atoms. The molecule has 7 heteroatoms. The lowest BCUT2D eigenvalue weighted by Gasteiger charge is -2.13. The minimum absolute atomic E-state index is 0.527. The Morgan fingerprint density at radius 3 is 1.23 bits per heavy atom. The topological polar surface area (TPSA) is 77.3 Å². The third kappa shape index (κ3) is 4.34. The van der Waals surface area contributed by atoms with Crippen LogP contribution in [0.25, 0.3) is 94.4 Å². The van der Waals surface area contributed by atoms with E-state index in [1.54, 1.807) is 0 Å². The zero-order valence-electron chi connectivity index (χ0n) is 28.3. The van der Waals surface area contributed by atoms with Gasteiger partial charge in [-0.1, -0.05) is 115 Å². The quantitative estimate of drug-likeness (QED) is 0.184. The van der Waals surface area contributed by atoms with Crippen LogP contribution in [0.4, 0.5) is 0 Å². The van der Waals surface area contributed by atoms with Gasteiger partial charge < -0.3 is 9.98 Å². The first-order chi connectivity index (χ1) is 26.2. The number of hydrogen-bond acceptors (Lipinski definition) is 4. The molecule has 0 aliphatic rings. The maximum absolute atomic E-state index is 7.75. The molecule has 0 aliphatic heterocycles. The molecule has 0 unspecified atom stereocenters. The molecular formula is C46H29N7. The predicted molar refractivity (Wildman–Crippen MR) is 216 cm³/mol. The first kappa shape index (κ1) is 29.4. The molecule has 248 valence electrons. The fraction of sp³-hybridized carbons (Fsp3) is 0. The molecule has 0 fully saturated rings. The van der Waals surface area contributed by atoms with Crippen LogP contribution in [0.15, 0.2) is 164 Å². The van der Waals surface area contributed by atoms with Gasteiger partial charge in [0, 0.05) is 49.8 Å². The van der Waals surface area contributed by atoms with Crippen LogP contribution in [0.2, 0.25) is 0 Å². The van der Waals surface area contributed by atoms with Crippen molar-refractivity contribution >= 4 is 71.6 Å². The maximum atomic E-state index is 7.75. The second-order valence-corrected chi connectivity index (χ2v) is 13.3. The summed E-state index contributed by atoms with van der Waals surface area (Å²) >= 11 is 0. The number of nitrogens with one attached hydrogen (secondary N) is 1. The Kier molecular flexibility index (Phi) is 6.27. The summed E-state index contributed by atoms with van der Waals surface area (Å²) in [6, 6.07) is 56.9. The van der Waals surface area contributed by atoms with E-state index in [-0.39, 0.29) is 0 Å². The van der Waals surface area contributed by atoms with E-state index in [0.717, 1.165) is 60.4 Å². The van der Waals surface area contributed by atoms with Crippen LogP contribution in [-0.4, -0.2) is 34.9 Å². The van der Waals surface area contributed by atoms with Gasteiger partial charge in [0.05, 0.1) is 33.1 Å². The van der Waals surface area contributed by atoms with E-state index >= 15 is 0 Å². The summed E-state index contributed by atoms with van der Waals surface area (Å²) in [4.78, 5) is 15.6. The van der Waals surface area contributed by atoms with Gasteiger partial charge in [-0.05, 0) is 54.1 Å². The van der Waals surface area contributed by atoms with Crippen LogP contribution in [-0.2, 0) is 0 Å². The highest BCUT2D eigenvalue weighted by Crippen LogP contribution is 2.37. The van der Waals surface area contributed by atoms with Gasteiger partial charge >= 0.3 is 0 Å². The number of para-hydroxylation sites is 5. The second kappa shape index (κ2) is 11.3. The monoisotopic (exact) mass is 679 g/mol. The van der Waals surface area contributed by atoms with Gasteiger partial charge in [-0.3, -0.25) is 9.13 Å².